The third kappa shape index (κ3) is 1.63. The minimum Gasteiger partial charge on any atom is -0.273 e. The molecule has 1 aliphatic heterocycles. The van der Waals surface area contributed by atoms with Crippen molar-refractivity contribution in [1.29, 1.82) is 0 Å². The lowest BCUT2D eigenvalue weighted by atomic mass is 10.0. The van der Waals surface area contributed by atoms with E-state index in [4.69, 9.17) is 0 Å². The Morgan fingerprint density at radius 1 is 1.33 bits per heavy atom. The number of anilines is 1. The summed E-state index contributed by atoms with van der Waals surface area (Å²) in [5.41, 5.74) is 2.92. The van der Waals surface area contributed by atoms with E-state index in [0.29, 0.717) is 5.92 Å². The molecule has 0 radical (unpaired) electrons. The molecule has 0 saturated heterocycles. The Labute approximate surface area is 90.8 Å². The Morgan fingerprint density at radius 3 is 2.60 bits per heavy atom. The Morgan fingerprint density at radius 2 is 2.00 bits per heavy atom. The van der Waals surface area contributed by atoms with E-state index in [1.807, 2.05) is 18.2 Å². The highest BCUT2D eigenvalue weighted by molar-refractivity contribution is 7.92. The van der Waals surface area contributed by atoms with Crippen LogP contribution >= 0.6 is 0 Å². The molecule has 0 N–H and O–H groups in total. The number of nitrogens with zero attached hydrogens (tertiary/aromatic N) is 1. The van der Waals surface area contributed by atoms with Crippen LogP contribution in [-0.2, 0) is 15.8 Å². The minimum atomic E-state index is -3.09. The molecule has 1 aliphatic rings. The van der Waals surface area contributed by atoms with E-state index in [1.54, 1.807) is 7.05 Å². The lowest BCUT2D eigenvalue weighted by molar-refractivity contribution is 0.596. The molecule has 0 bridgehead atoms. The molecular formula is C11H15NO2S. The van der Waals surface area contributed by atoms with E-state index in [-0.39, 0.29) is 5.75 Å². The molecule has 0 saturated carbocycles. The van der Waals surface area contributed by atoms with Crippen molar-refractivity contribution in [3.05, 3.63) is 29.3 Å². The monoisotopic (exact) mass is 225 g/mol. The van der Waals surface area contributed by atoms with Crippen molar-refractivity contribution in [1.82, 2.24) is 0 Å². The molecule has 0 amide bonds. The van der Waals surface area contributed by atoms with Crippen molar-refractivity contribution in [3.8, 4) is 0 Å². The van der Waals surface area contributed by atoms with Gasteiger partial charge in [0.15, 0.2) is 0 Å². The van der Waals surface area contributed by atoms with Gasteiger partial charge in [-0.25, -0.2) is 8.42 Å². The fourth-order valence-corrected chi connectivity index (χ4v) is 3.10. The molecule has 2 rings (SSSR count). The van der Waals surface area contributed by atoms with E-state index in [1.165, 1.54) is 9.87 Å². The van der Waals surface area contributed by atoms with Crippen molar-refractivity contribution in [2.45, 2.75) is 25.5 Å². The highest BCUT2D eigenvalue weighted by Crippen LogP contribution is 2.34. The quantitative estimate of drug-likeness (QED) is 0.734. The molecule has 1 aromatic carbocycles. The average molecular weight is 225 g/mol. The lowest BCUT2D eigenvalue weighted by Crippen LogP contribution is -2.21. The smallest absolute Gasteiger partial charge is 0.239 e. The number of sulfonamides is 1. The number of benzene rings is 1. The first-order chi connectivity index (χ1) is 6.92. The minimum absolute atomic E-state index is 0.136. The summed E-state index contributed by atoms with van der Waals surface area (Å²) < 4.78 is 24.6. The van der Waals surface area contributed by atoms with Crippen LogP contribution in [0.3, 0.4) is 0 Å². The zero-order valence-corrected chi connectivity index (χ0v) is 10.0. The van der Waals surface area contributed by atoms with Crippen molar-refractivity contribution in [3.63, 3.8) is 0 Å². The maximum absolute atomic E-state index is 11.6. The number of fused-ring (bicyclic) bond motifs is 1. The maximum atomic E-state index is 11.6. The van der Waals surface area contributed by atoms with Gasteiger partial charge < -0.3 is 0 Å². The van der Waals surface area contributed by atoms with Gasteiger partial charge in [0.2, 0.25) is 10.0 Å². The van der Waals surface area contributed by atoms with Crippen LogP contribution in [-0.4, -0.2) is 15.5 Å². The molecule has 0 fully saturated rings. The standard InChI is InChI=1S/C11H15NO2S/c1-8(2)9-4-5-10-7-15(13,14)12(3)11(10)6-9/h4-6,8H,7H2,1-3H3. The molecule has 0 atom stereocenters. The van der Waals surface area contributed by atoms with E-state index in [9.17, 15) is 8.42 Å². The van der Waals surface area contributed by atoms with Crippen LogP contribution in [0.1, 0.15) is 30.9 Å². The second-order valence-corrected chi connectivity index (χ2v) is 6.27. The number of hydrogen-bond acceptors (Lipinski definition) is 2. The van der Waals surface area contributed by atoms with Gasteiger partial charge in [-0.3, -0.25) is 4.31 Å². The van der Waals surface area contributed by atoms with Crippen molar-refractivity contribution >= 4 is 15.7 Å². The summed E-state index contributed by atoms with van der Waals surface area (Å²) in [7, 11) is -1.48. The summed E-state index contributed by atoms with van der Waals surface area (Å²) in [6, 6.07) is 5.91. The summed E-state index contributed by atoms with van der Waals surface area (Å²) in [6.07, 6.45) is 0. The first kappa shape index (κ1) is 10.5. The van der Waals surface area contributed by atoms with Gasteiger partial charge in [-0.1, -0.05) is 26.0 Å². The molecule has 1 heterocycles. The van der Waals surface area contributed by atoms with Gasteiger partial charge in [0.1, 0.15) is 0 Å². The second kappa shape index (κ2) is 3.23. The SMILES string of the molecule is CC(C)c1ccc2c(c1)N(C)S(=O)(=O)C2. The lowest BCUT2D eigenvalue weighted by Gasteiger charge is -2.13. The van der Waals surface area contributed by atoms with Crippen LogP contribution in [0.5, 0.6) is 0 Å². The number of rotatable bonds is 1. The Bertz CT molecular complexity index is 491. The molecular weight excluding hydrogens is 210 g/mol. The van der Waals surface area contributed by atoms with E-state index < -0.39 is 10.0 Å². The summed E-state index contributed by atoms with van der Waals surface area (Å²) in [4.78, 5) is 0. The molecule has 3 nitrogen and oxygen atoms in total. The molecule has 0 spiro atoms. The van der Waals surface area contributed by atoms with Gasteiger partial charge >= 0.3 is 0 Å². The first-order valence-corrected chi connectivity index (χ1v) is 6.62. The van der Waals surface area contributed by atoms with Gasteiger partial charge in [0, 0.05) is 7.05 Å². The summed E-state index contributed by atoms with van der Waals surface area (Å²) in [5, 5.41) is 0. The third-order valence-electron chi connectivity index (χ3n) is 2.87. The molecule has 82 valence electrons. The molecule has 15 heavy (non-hydrogen) atoms. The summed E-state index contributed by atoms with van der Waals surface area (Å²) in [6.45, 7) is 4.20. The Kier molecular flexibility index (Phi) is 2.26. The van der Waals surface area contributed by atoms with Crippen molar-refractivity contribution < 1.29 is 8.42 Å². The van der Waals surface area contributed by atoms with Crippen LogP contribution < -0.4 is 4.31 Å². The Balaban J connectivity index is 2.54. The highest BCUT2D eigenvalue weighted by atomic mass is 32.2. The zero-order chi connectivity index (χ0) is 11.2. The van der Waals surface area contributed by atoms with Crippen LogP contribution in [0.4, 0.5) is 5.69 Å². The zero-order valence-electron chi connectivity index (χ0n) is 9.19. The van der Waals surface area contributed by atoms with Gasteiger partial charge in [0.25, 0.3) is 0 Å². The van der Waals surface area contributed by atoms with Crippen LogP contribution in [0.25, 0.3) is 0 Å². The summed E-state index contributed by atoms with van der Waals surface area (Å²) >= 11 is 0. The largest absolute Gasteiger partial charge is 0.273 e. The van der Waals surface area contributed by atoms with Crippen molar-refractivity contribution in [2.24, 2.45) is 0 Å². The van der Waals surface area contributed by atoms with E-state index in [0.717, 1.165) is 11.3 Å². The molecule has 4 heteroatoms. The van der Waals surface area contributed by atoms with E-state index >= 15 is 0 Å². The van der Waals surface area contributed by atoms with Crippen molar-refractivity contribution in [2.75, 3.05) is 11.4 Å². The van der Waals surface area contributed by atoms with Gasteiger partial charge in [-0.15, -0.1) is 0 Å². The predicted octanol–water partition coefficient (Wildman–Crippen LogP) is 2.09. The van der Waals surface area contributed by atoms with Gasteiger partial charge in [-0.05, 0) is 23.1 Å². The topological polar surface area (TPSA) is 37.4 Å². The summed E-state index contributed by atoms with van der Waals surface area (Å²) in [5.74, 6) is 0.559. The number of hydrogen-bond donors (Lipinski definition) is 0. The normalized spacial score (nSPS) is 18.3. The Hall–Kier alpha value is -1.03. The van der Waals surface area contributed by atoms with Gasteiger partial charge in [-0.2, -0.15) is 0 Å². The molecule has 0 aromatic heterocycles. The molecule has 0 aliphatic carbocycles. The fraction of sp³-hybridized carbons (Fsp3) is 0.455. The van der Waals surface area contributed by atoms with Gasteiger partial charge in [0.05, 0.1) is 11.4 Å². The molecule has 1 aromatic rings. The van der Waals surface area contributed by atoms with Crippen LogP contribution in [0, 0.1) is 0 Å². The molecule has 0 unspecified atom stereocenters. The van der Waals surface area contributed by atoms with Crippen LogP contribution in [0.2, 0.25) is 0 Å². The third-order valence-corrected chi connectivity index (χ3v) is 4.58. The average Bonchev–Trinajstić information content (AvgIpc) is 2.37. The first-order valence-electron chi connectivity index (χ1n) is 5.01. The van der Waals surface area contributed by atoms with Crippen LogP contribution in [0.15, 0.2) is 18.2 Å². The maximum Gasteiger partial charge on any atom is 0.239 e. The van der Waals surface area contributed by atoms with E-state index in [2.05, 4.69) is 13.8 Å². The predicted molar refractivity (Wildman–Crippen MR) is 61.6 cm³/mol. The second-order valence-electron chi connectivity index (χ2n) is 4.27. The fourth-order valence-electron chi connectivity index (χ4n) is 1.80. The highest BCUT2D eigenvalue weighted by Gasteiger charge is 2.30.